The van der Waals surface area contributed by atoms with Gasteiger partial charge in [0.25, 0.3) is 0 Å². The number of aliphatic hydroxyl groups excluding tert-OH is 1. The fourth-order valence-corrected chi connectivity index (χ4v) is 4.87. The fraction of sp³-hybridized carbons (Fsp3) is 0.303. The first kappa shape index (κ1) is 33.3. The summed E-state index contributed by atoms with van der Waals surface area (Å²) >= 11 is 0. The molecule has 0 saturated carbocycles. The number of nitrogens with zero attached hydrogens (tertiary/aromatic N) is 1. The Labute approximate surface area is 253 Å². The van der Waals surface area contributed by atoms with Gasteiger partial charge in [0.1, 0.15) is 11.4 Å². The van der Waals surface area contributed by atoms with Crippen LogP contribution >= 0.6 is 0 Å². The van der Waals surface area contributed by atoms with Crippen molar-refractivity contribution >= 4 is 23.8 Å². The van der Waals surface area contributed by atoms with Gasteiger partial charge in [-0.15, -0.1) is 0 Å². The van der Waals surface area contributed by atoms with Crippen LogP contribution in [0.25, 0.3) is 0 Å². The fourth-order valence-electron chi connectivity index (χ4n) is 4.87. The number of carbonyl (C=O) groups excluding carboxylic acids is 1. The second kappa shape index (κ2) is 14.1. The van der Waals surface area contributed by atoms with E-state index in [0.29, 0.717) is 11.1 Å². The van der Waals surface area contributed by atoms with E-state index >= 15 is 0 Å². The number of anilines is 1. The van der Waals surface area contributed by atoms with Crippen molar-refractivity contribution in [3.05, 3.63) is 107 Å². The number of fused-ring (bicyclic) bond motifs is 1. The third kappa shape index (κ3) is 8.08. The van der Waals surface area contributed by atoms with E-state index in [1.807, 2.05) is 18.2 Å². The van der Waals surface area contributed by atoms with Crippen molar-refractivity contribution in [1.29, 1.82) is 10.8 Å². The smallest absolute Gasteiger partial charge is 0.338 e. The molecule has 219 valence electrons. The Morgan fingerprint density at radius 2 is 1.63 bits per heavy atom. The standard InChI is InChI=1S/C21H24N2O.C12H15NO3.Co/c1-4-23-19-11-10-17(24-3)14-18(19)21(2,20(23)12-13-22)15-16-8-6-5-7-9-16;1-12(2,3)16-11(15)9-6-4-8(5-7-9)10(13)14;/h5-14,22H,4,15H2,1-3H3;4-7H,1-3H3,(H2,13,14);/b20-12-,22-13?;;. The number of aliphatic hydroxyl groups is 1. The Morgan fingerprint density at radius 1 is 1.02 bits per heavy atom. The number of nitrogens with one attached hydrogen (secondary N) is 2. The van der Waals surface area contributed by atoms with Crippen LogP contribution in [0.5, 0.6) is 5.75 Å². The van der Waals surface area contributed by atoms with Crippen molar-refractivity contribution < 1.29 is 36.2 Å². The normalized spacial score (nSPS) is 16.5. The predicted octanol–water partition coefficient (Wildman–Crippen LogP) is 7.09. The summed E-state index contributed by atoms with van der Waals surface area (Å²) in [5.41, 5.74) is 5.01. The average Bonchev–Trinajstić information content (AvgIpc) is 3.15. The molecule has 0 saturated heterocycles. The third-order valence-corrected chi connectivity index (χ3v) is 6.70. The molecule has 0 aromatic heterocycles. The van der Waals surface area contributed by atoms with Gasteiger partial charge in [0.15, 0.2) is 0 Å². The van der Waals surface area contributed by atoms with E-state index in [1.165, 1.54) is 53.0 Å². The number of hydrogen-bond donors (Lipinski definition) is 3. The average molecular weight is 601 g/mol. The molecule has 3 aromatic rings. The maximum Gasteiger partial charge on any atom is 0.338 e. The van der Waals surface area contributed by atoms with Crippen LogP contribution < -0.4 is 9.64 Å². The molecule has 41 heavy (non-hydrogen) atoms. The molecule has 8 heteroatoms. The molecule has 3 aromatic carbocycles. The third-order valence-electron chi connectivity index (χ3n) is 6.70. The van der Waals surface area contributed by atoms with Crippen LogP contribution in [-0.2, 0) is 33.4 Å². The van der Waals surface area contributed by atoms with Crippen LogP contribution in [0.2, 0.25) is 0 Å². The zero-order chi connectivity index (χ0) is 29.5. The predicted molar refractivity (Wildman–Crippen MR) is 161 cm³/mol. The Bertz CT molecular complexity index is 1380. The maximum atomic E-state index is 11.6. The van der Waals surface area contributed by atoms with Gasteiger partial charge in [-0.25, -0.2) is 4.79 Å². The minimum atomic E-state index is -0.528. The molecule has 0 spiro atoms. The summed E-state index contributed by atoms with van der Waals surface area (Å²) in [5.74, 6) is -0.0561. The molecule has 1 aliphatic rings. The van der Waals surface area contributed by atoms with Gasteiger partial charge in [-0.1, -0.05) is 30.3 Å². The van der Waals surface area contributed by atoms with E-state index in [4.69, 9.17) is 25.4 Å². The number of esters is 1. The second-order valence-corrected chi connectivity index (χ2v) is 10.8. The van der Waals surface area contributed by atoms with E-state index in [0.717, 1.165) is 18.7 Å². The number of rotatable bonds is 7. The van der Waals surface area contributed by atoms with Gasteiger partial charge < -0.3 is 24.9 Å². The largest absolute Gasteiger partial charge is 0.497 e. The molecule has 3 N–H and O–H groups in total. The first-order valence-corrected chi connectivity index (χ1v) is 13.3. The Kier molecular flexibility index (Phi) is 11.5. The van der Waals surface area contributed by atoms with Crippen molar-refractivity contribution in [2.24, 2.45) is 0 Å². The van der Waals surface area contributed by atoms with Crippen LogP contribution in [0.4, 0.5) is 5.69 Å². The van der Waals surface area contributed by atoms with Crippen LogP contribution in [-0.4, -0.2) is 42.4 Å². The maximum absolute atomic E-state index is 11.6. The van der Waals surface area contributed by atoms with E-state index in [1.54, 1.807) is 27.9 Å². The van der Waals surface area contributed by atoms with Gasteiger partial charge in [-0.3, -0.25) is 5.41 Å². The molecule has 1 heterocycles. The number of allylic oxidation sites excluding steroid dienone is 2. The molecule has 1 unspecified atom stereocenters. The van der Waals surface area contributed by atoms with Crippen LogP contribution in [0.3, 0.4) is 0 Å². The number of methoxy groups -OCH3 is 1. The van der Waals surface area contributed by atoms with Crippen LogP contribution in [0.1, 0.15) is 61.7 Å². The molecule has 0 fully saturated rings. The molecule has 7 nitrogen and oxygen atoms in total. The van der Waals surface area contributed by atoms with Crippen LogP contribution in [0.15, 0.2) is 84.6 Å². The van der Waals surface area contributed by atoms with Crippen molar-refractivity contribution in [3.63, 3.8) is 0 Å². The topological polar surface area (TPSA) is 107 Å². The van der Waals surface area contributed by atoms with Crippen molar-refractivity contribution in [1.82, 2.24) is 0 Å². The van der Waals surface area contributed by atoms with E-state index in [9.17, 15) is 4.79 Å². The Morgan fingerprint density at radius 3 is 2.15 bits per heavy atom. The molecule has 0 amide bonds. The minimum absolute atomic E-state index is 0. The molecule has 1 aliphatic heterocycles. The first-order valence-electron chi connectivity index (χ1n) is 13.3. The van der Waals surface area contributed by atoms with Gasteiger partial charge >= 0.3 is 5.97 Å². The van der Waals surface area contributed by atoms with Gasteiger partial charge in [0.2, 0.25) is 5.90 Å². The number of hydrogen-bond acceptors (Lipinski definition) is 6. The number of benzene rings is 3. The summed E-state index contributed by atoms with van der Waals surface area (Å²) in [5, 5.41) is 23.5. The monoisotopic (exact) mass is 600 g/mol. The van der Waals surface area contributed by atoms with E-state index in [-0.39, 0.29) is 22.2 Å². The second-order valence-electron chi connectivity index (χ2n) is 10.8. The quantitative estimate of drug-likeness (QED) is 0.153. The molecule has 4 rings (SSSR count). The van der Waals surface area contributed by atoms with E-state index < -0.39 is 17.5 Å². The van der Waals surface area contributed by atoms with Crippen molar-refractivity contribution in [3.8, 4) is 5.75 Å². The Balaban J connectivity index is 0.000000304. The SMILES string of the molecule is CC(C)(C)OC(=O)c1ccc(C(=N)O)cc1.CCN1/C(=C\C=N)C(C)(Cc2ccccc2)c2cc(OC)ccc21.[Co]. The summed E-state index contributed by atoms with van der Waals surface area (Å²) < 4.78 is 10.6. The number of ether oxygens (including phenoxy) is 2. The first-order chi connectivity index (χ1) is 18.9. The summed E-state index contributed by atoms with van der Waals surface area (Å²) in [6.07, 6.45) is 4.22. The van der Waals surface area contributed by atoms with Crippen molar-refractivity contribution in [2.45, 2.75) is 52.1 Å². The van der Waals surface area contributed by atoms with E-state index in [2.05, 4.69) is 55.1 Å². The molecule has 0 bridgehead atoms. The number of carbonyl (C=O) groups is 1. The summed E-state index contributed by atoms with van der Waals surface area (Å²) in [6.45, 7) is 10.7. The zero-order valence-corrected chi connectivity index (χ0v) is 25.5. The molecular weight excluding hydrogens is 561 g/mol. The summed E-state index contributed by atoms with van der Waals surface area (Å²) in [6, 6.07) is 22.9. The molecule has 0 aliphatic carbocycles. The summed E-state index contributed by atoms with van der Waals surface area (Å²) in [7, 11) is 1.71. The minimum Gasteiger partial charge on any atom is -0.497 e. The molecule has 1 radical (unpaired) electrons. The zero-order valence-electron chi connectivity index (χ0n) is 24.4. The Hall–Kier alpha value is -3.88. The van der Waals surface area contributed by atoms with Gasteiger partial charge in [-0.2, -0.15) is 0 Å². The number of likely N-dealkylation sites (N-methyl/N-ethyl adjacent to an activating group) is 1. The van der Waals surface area contributed by atoms with Crippen molar-refractivity contribution in [2.75, 3.05) is 18.6 Å². The van der Waals surface area contributed by atoms with Crippen LogP contribution in [0, 0.1) is 10.8 Å². The summed E-state index contributed by atoms with van der Waals surface area (Å²) in [4.78, 5) is 13.9. The molecular formula is C33H39CoN3O4. The molecule has 1 atom stereocenters. The van der Waals surface area contributed by atoms with Gasteiger partial charge in [0, 0.05) is 51.9 Å². The van der Waals surface area contributed by atoms with Gasteiger partial charge in [-0.05, 0) is 101 Å². The van der Waals surface area contributed by atoms with Gasteiger partial charge in [0.05, 0.1) is 12.7 Å².